The van der Waals surface area contributed by atoms with Crippen molar-refractivity contribution in [3.05, 3.63) is 70.3 Å². The highest BCUT2D eigenvalue weighted by Gasteiger charge is 2.21. The van der Waals surface area contributed by atoms with Crippen molar-refractivity contribution in [3.63, 3.8) is 0 Å². The quantitative estimate of drug-likeness (QED) is 0.749. The van der Waals surface area contributed by atoms with Gasteiger partial charge in [-0.05, 0) is 61.7 Å². The van der Waals surface area contributed by atoms with E-state index in [1.165, 1.54) is 0 Å². The molecule has 2 N–H and O–H groups in total. The van der Waals surface area contributed by atoms with Crippen LogP contribution in [0.1, 0.15) is 32.9 Å². The van der Waals surface area contributed by atoms with Gasteiger partial charge in [0.15, 0.2) is 5.69 Å². The van der Waals surface area contributed by atoms with E-state index in [1.807, 2.05) is 37.3 Å². The van der Waals surface area contributed by atoms with Gasteiger partial charge in [-0.25, -0.2) is 9.07 Å². The van der Waals surface area contributed by atoms with Crippen molar-refractivity contribution in [1.82, 2.24) is 20.3 Å². The Morgan fingerprint density at radius 1 is 1.26 bits per heavy atom. The van der Waals surface area contributed by atoms with Crippen molar-refractivity contribution in [3.8, 4) is 5.69 Å². The highest BCUT2D eigenvalue weighted by Crippen LogP contribution is 2.25. The van der Waals surface area contributed by atoms with Crippen LogP contribution in [0.5, 0.6) is 0 Å². The van der Waals surface area contributed by atoms with Crippen molar-refractivity contribution in [2.24, 2.45) is 0 Å². The van der Waals surface area contributed by atoms with Gasteiger partial charge in [-0.15, -0.1) is 5.10 Å². The molecule has 0 unspecified atom stereocenters. The molecule has 1 amide bonds. The van der Waals surface area contributed by atoms with E-state index in [9.17, 15) is 9.18 Å². The molecule has 1 aromatic heterocycles. The molecule has 2 heterocycles. The summed E-state index contributed by atoms with van der Waals surface area (Å²) in [4.78, 5) is 12.7. The van der Waals surface area contributed by atoms with Gasteiger partial charge in [0.2, 0.25) is 0 Å². The lowest BCUT2D eigenvalue weighted by atomic mass is 9.99. The standard InChI is InChI=1S/C20H20FN5O/c1-12-4-3-5-15(10-12)26-13(2)19(24-25-26)20(27)23-17-7-6-14-11-22-9-8-16(14)18(17)21/h3-7,10,22H,8-9,11H2,1-2H3,(H,23,27). The first-order chi connectivity index (χ1) is 13.0. The maximum Gasteiger partial charge on any atom is 0.278 e. The Kier molecular flexibility index (Phi) is 4.45. The van der Waals surface area contributed by atoms with Gasteiger partial charge in [0, 0.05) is 6.54 Å². The van der Waals surface area contributed by atoms with Crippen LogP contribution in [-0.4, -0.2) is 27.4 Å². The topological polar surface area (TPSA) is 71.8 Å². The number of carbonyl (C=O) groups is 1. The first-order valence-corrected chi connectivity index (χ1v) is 8.86. The number of aromatic nitrogens is 3. The fourth-order valence-corrected chi connectivity index (χ4v) is 3.36. The van der Waals surface area contributed by atoms with Gasteiger partial charge in [-0.2, -0.15) is 0 Å². The molecule has 0 radical (unpaired) electrons. The third kappa shape index (κ3) is 3.21. The molecule has 27 heavy (non-hydrogen) atoms. The molecule has 0 saturated carbocycles. The number of rotatable bonds is 3. The number of anilines is 1. The summed E-state index contributed by atoms with van der Waals surface area (Å²) in [5.74, 6) is -0.842. The van der Waals surface area contributed by atoms with Crippen LogP contribution in [0.3, 0.4) is 0 Å². The first kappa shape index (κ1) is 17.4. The van der Waals surface area contributed by atoms with Crippen LogP contribution >= 0.6 is 0 Å². The molecular formula is C20H20FN5O. The minimum Gasteiger partial charge on any atom is -0.318 e. The van der Waals surface area contributed by atoms with E-state index in [2.05, 4.69) is 20.9 Å². The summed E-state index contributed by atoms with van der Waals surface area (Å²) in [7, 11) is 0. The van der Waals surface area contributed by atoms with Gasteiger partial charge in [-0.1, -0.05) is 23.4 Å². The maximum atomic E-state index is 14.8. The number of aryl methyl sites for hydroxylation is 1. The van der Waals surface area contributed by atoms with Gasteiger partial charge in [0.25, 0.3) is 5.91 Å². The van der Waals surface area contributed by atoms with Crippen LogP contribution in [-0.2, 0) is 13.0 Å². The summed E-state index contributed by atoms with van der Waals surface area (Å²) >= 11 is 0. The highest BCUT2D eigenvalue weighted by atomic mass is 19.1. The summed E-state index contributed by atoms with van der Waals surface area (Å²) in [6.45, 7) is 5.12. The lowest BCUT2D eigenvalue weighted by Crippen LogP contribution is -2.25. The van der Waals surface area contributed by atoms with Gasteiger partial charge in [0.05, 0.1) is 17.1 Å². The predicted octanol–water partition coefficient (Wildman–Crippen LogP) is 2.92. The molecule has 0 saturated heterocycles. The third-order valence-electron chi connectivity index (χ3n) is 4.81. The van der Waals surface area contributed by atoms with Crippen molar-refractivity contribution in [2.75, 3.05) is 11.9 Å². The molecule has 7 heteroatoms. The Hall–Kier alpha value is -3.06. The molecule has 3 aromatic rings. The average Bonchev–Trinajstić information content (AvgIpc) is 3.06. The SMILES string of the molecule is Cc1cccc(-n2nnc(C(=O)Nc3ccc4c(c3F)CCNC4)c2C)c1. The number of nitrogens with one attached hydrogen (secondary N) is 2. The smallest absolute Gasteiger partial charge is 0.278 e. The molecule has 4 rings (SSSR count). The molecule has 0 fully saturated rings. The number of carbonyl (C=O) groups excluding carboxylic acids is 1. The average molecular weight is 365 g/mol. The van der Waals surface area contributed by atoms with Crippen molar-refractivity contribution in [2.45, 2.75) is 26.8 Å². The van der Waals surface area contributed by atoms with Gasteiger partial charge >= 0.3 is 0 Å². The molecule has 1 aliphatic heterocycles. The van der Waals surface area contributed by atoms with E-state index in [-0.39, 0.29) is 17.2 Å². The molecule has 1 aliphatic rings. The van der Waals surface area contributed by atoms with E-state index < -0.39 is 5.91 Å². The van der Waals surface area contributed by atoms with Crippen molar-refractivity contribution in [1.29, 1.82) is 0 Å². The van der Waals surface area contributed by atoms with E-state index in [4.69, 9.17) is 0 Å². The summed E-state index contributed by atoms with van der Waals surface area (Å²) in [5, 5.41) is 13.9. The summed E-state index contributed by atoms with van der Waals surface area (Å²) < 4.78 is 16.4. The van der Waals surface area contributed by atoms with E-state index in [0.717, 1.165) is 23.4 Å². The lowest BCUT2D eigenvalue weighted by molar-refractivity contribution is 0.102. The van der Waals surface area contributed by atoms with Gasteiger partial charge in [-0.3, -0.25) is 4.79 Å². The minimum atomic E-state index is -0.473. The fourth-order valence-electron chi connectivity index (χ4n) is 3.36. The Morgan fingerprint density at radius 3 is 2.93 bits per heavy atom. The predicted molar refractivity (Wildman–Crippen MR) is 101 cm³/mol. The van der Waals surface area contributed by atoms with Crippen LogP contribution in [0.4, 0.5) is 10.1 Å². The van der Waals surface area contributed by atoms with E-state index in [0.29, 0.717) is 24.2 Å². The monoisotopic (exact) mass is 365 g/mol. The second kappa shape index (κ2) is 6.92. The zero-order chi connectivity index (χ0) is 19.0. The minimum absolute atomic E-state index is 0.171. The zero-order valence-electron chi connectivity index (χ0n) is 15.2. The number of amides is 1. The molecule has 2 aromatic carbocycles. The number of halogens is 1. The summed E-state index contributed by atoms with van der Waals surface area (Å²) in [6.07, 6.45) is 0.605. The summed E-state index contributed by atoms with van der Waals surface area (Å²) in [5.41, 5.74) is 4.44. The van der Waals surface area contributed by atoms with Crippen molar-refractivity contribution >= 4 is 11.6 Å². The maximum absolute atomic E-state index is 14.8. The number of hydrogen-bond donors (Lipinski definition) is 2. The number of hydrogen-bond acceptors (Lipinski definition) is 4. The number of fused-ring (bicyclic) bond motifs is 1. The molecule has 0 aliphatic carbocycles. The van der Waals surface area contributed by atoms with E-state index >= 15 is 0 Å². The second-order valence-electron chi connectivity index (χ2n) is 6.72. The Labute approximate surface area is 156 Å². The number of benzene rings is 2. The number of nitrogens with zero attached hydrogens (tertiary/aromatic N) is 3. The highest BCUT2D eigenvalue weighted by molar-refractivity contribution is 6.03. The molecule has 0 atom stereocenters. The fraction of sp³-hybridized carbons (Fsp3) is 0.250. The molecule has 138 valence electrons. The van der Waals surface area contributed by atoms with Crippen LogP contribution < -0.4 is 10.6 Å². The molecule has 0 spiro atoms. The third-order valence-corrected chi connectivity index (χ3v) is 4.81. The Morgan fingerprint density at radius 2 is 2.11 bits per heavy atom. The Bertz CT molecular complexity index is 1030. The van der Waals surface area contributed by atoms with Crippen molar-refractivity contribution < 1.29 is 9.18 Å². The van der Waals surface area contributed by atoms with Crippen LogP contribution in [0.2, 0.25) is 0 Å². The zero-order valence-corrected chi connectivity index (χ0v) is 15.2. The van der Waals surface area contributed by atoms with E-state index in [1.54, 1.807) is 17.7 Å². The van der Waals surface area contributed by atoms with Gasteiger partial charge in [0.1, 0.15) is 5.82 Å². The van der Waals surface area contributed by atoms with Crippen LogP contribution in [0.25, 0.3) is 5.69 Å². The van der Waals surface area contributed by atoms with Crippen LogP contribution in [0, 0.1) is 19.7 Å². The molecule has 0 bridgehead atoms. The summed E-state index contributed by atoms with van der Waals surface area (Å²) in [6, 6.07) is 11.2. The normalized spacial score (nSPS) is 13.3. The lowest BCUT2D eigenvalue weighted by Gasteiger charge is -2.19. The van der Waals surface area contributed by atoms with Gasteiger partial charge < -0.3 is 10.6 Å². The first-order valence-electron chi connectivity index (χ1n) is 8.86. The Balaban J connectivity index is 1.61. The second-order valence-corrected chi connectivity index (χ2v) is 6.72. The molecular weight excluding hydrogens is 345 g/mol. The molecule has 6 nitrogen and oxygen atoms in total. The largest absolute Gasteiger partial charge is 0.318 e. The van der Waals surface area contributed by atoms with Crippen LogP contribution in [0.15, 0.2) is 36.4 Å².